The van der Waals surface area contributed by atoms with Crippen LogP contribution in [0, 0.1) is 5.92 Å². The Labute approximate surface area is 93.3 Å². The zero-order valence-corrected chi connectivity index (χ0v) is 10.5. The molecule has 90 valence electrons. The summed E-state index contributed by atoms with van der Waals surface area (Å²) in [5, 5.41) is 13.2. The molecule has 0 saturated heterocycles. The van der Waals surface area contributed by atoms with Crippen molar-refractivity contribution in [2.24, 2.45) is 5.92 Å². The molecule has 0 aromatic rings. The van der Waals surface area contributed by atoms with E-state index in [1.54, 1.807) is 0 Å². The third-order valence-corrected chi connectivity index (χ3v) is 3.13. The lowest BCUT2D eigenvalue weighted by Gasteiger charge is -2.33. The second-order valence-corrected chi connectivity index (χ2v) is 4.29. The standard InChI is InChI=1S/C12H25NO2/c1-5-8-12(15,10(4)6-2)9-13-11(14)7-3/h10,15H,5-9H2,1-4H3,(H,13,14). The van der Waals surface area contributed by atoms with Crippen molar-refractivity contribution in [3.05, 3.63) is 0 Å². The molecule has 3 heteroatoms. The Kier molecular flexibility index (Phi) is 6.57. The minimum atomic E-state index is -0.742. The van der Waals surface area contributed by atoms with Gasteiger partial charge in [0.05, 0.1) is 5.60 Å². The van der Waals surface area contributed by atoms with Crippen molar-refractivity contribution in [3.8, 4) is 0 Å². The maximum absolute atomic E-state index is 11.2. The van der Waals surface area contributed by atoms with Gasteiger partial charge in [-0.15, -0.1) is 0 Å². The first kappa shape index (κ1) is 14.4. The van der Waals surface area contributed by atoms with E-state index < -0.39 is 5.60 Å². The van der Waals surface area contributed by atoms with Gasteiger partial charge in [0.25, 0.3) is 0 Å². The van der Waals surface area contributed by atoms with E-state index in [0.717, 1.165) is 19.3 Å². The number of rotatable bonds is 7. The van der Waals surface area contributed by atoms with Gasteiger partial charge in [-0.3, -0.25) is 4.79 Å². The van der Waals surface area contributed by atoms with E-state index in [9.17, 15) is 9.90 Å². The first-order valence-corrected chi connectivity index (χ1v) is 5.99. The minimum absolute atomic E-state index is 0.00725. The van der Waals surface area contributed by atoms with Crippen molar-refractivity contribution < 1.29 is 9.90 Å². The van der Waals surface area contributed by atoms with Crippen LogP contribution in [0.1, 0.15) is 53.4 Å². The molecule has 0 radical (unpaired) electrons. The molecule has 0 aromatic carbocycles. The van der Waals surface area contributed by atoms with Crippen molar-refractivity contribution in [1.82, 2.24) is 5.32 Å². The summed E-state index contributed by atoms with van der Waals surface area (Å²) in [6, 6.07) is 0. The summed E-state index contributed by atoms with van der Waals surface area (Å²) < 4.78 is 0. The predicted molar refractivity (Wildman–Crippen MR) is 62.6 cm³/mol. The molecule has 0 aromatic heterocycles. The molecular weight excluding hydrogens is 190 g/mol. The summed E-state index contributed by atoms with van der Waals surface area (Å²) in [6.07, 6.45) is 3.08. The van der Waals surface area contributed by atoms with Gasteiger partial charge in [0, 0.05) is 13.0 Å². The summed E-state index contributed by atoms with van der Waals surface area (Å²) in [5.74, 6) is 0.224. The quantitative estimate of drug-likeness (QED) is 0.683. The molecule has 2 atom stereocenters. The van der Waals surface area contributed by atoms with Crippen LogP contribution in [0.25, 0.3) is 0 Å². The number of aliphatic hydroxyl groups is 1. The van der Waals surface area contributed by atoms with E-state index in [1.807, 2.05) is 13.8 Å². The normalized spacial score (nSPS) is 16.9. The lowest BCUT2D eigenvalue weighted by atomic mass is 9.83. The number of amides is 1. The van der Waals surface area contributed by atoms with E-state index in [1.165, 1.54) is 0 Å². The summed E-state index contributed by atoms with van der Waals surface area (Å²) in [5.41, 5.74) is -0.742. The van der Waals surface area contributed by atoms with Gasteiger partial charge in [0.1, 0.15) is 0 Å². The SMILES string of the molecule is CCCC(O)(CNC(=O)CC)C(C)CC. The molecule has 2 N–H and O–H groups in total. The van der Waals surface area contributed by atoms with Crippen molar-refractivity contribution in [3.63, 3.8) is 0 Å². The smallest absolute Gasteiger partial charge is 0.219 e. The van der Waals surface area contributed by atoms with Gasteiger partial charge in [0.2, 0.25) is 5.91 Å². The van der Waals surface area contributed by atoms with Crippen LogP contribution in [0.3, 0.4) is 0 Å². The third-order valence-electron chi connectivity index (χ3n) is 3.13. The van der Waals surface area contributed by atoms with Crippen LogP contribution in [0.5, 0.6) is 0 Å². The molecule has 3 nitrogen and oxygen atoms in total. The fourth-order valence-corrected chi connectivity index (χ4v) is 1.70. The molecule has 0 heterocycles. The molecule has 0 aliphatic rings. The number of hydrogen-bond acceptors (Lipinski definition) is 2. The third kappa shape index (κ3) is 4.65. The van der Waals surface area contributed by atoms with Crippen LogP contribution in [-0.4, -0.2) is 23.2 Å². The molecule has 0 spiro atoms. The summed E-state index contributed by atoms with van der Waals surface area (Å²) in [6.45, 7) is 8.34. The molecule has 0 bridgehead atoms. The van der Waals surface area contributed by atoms with Crippen LogP contribution in [0.15, 0.2) is 0 Å². The van der Waals surface area contributed by atoms with Crippen molar-refractivity contribution in [2.75, 3.05) is 6.54 Å². The van der Waals surface area contributed by atoms with Gasteiger partial charge >= 0.3 is 0 Å². The number of hydrogen-bond donors (Lipinski definition) is 2. The van der Waals surface area contributed by atoms with Gasteiger partial charge in [0.15, 0.2) is 0 Å². The lowest BCUT2D eigenvalue weighted by molar-refractivity contribution is -0.122. The van der Waals surface area contributed by atoms with Crippen LogP contribution < -0.4 is 5.32 Å². The Morgan fingerprint density at radius 2 is 2.00 bits per heavy atom. The Bertz CT molecular complexity index is 194. The van der Waals surface area contributed by atoms with Crippen LogP contribution in [0.4, 0.5) is 0 Å². The van der Waals surface area contributed by atoms with E-state index in [2.05, 4.69) is 19.2 Å². The highest BCUT2D eigenvalue weighted by Gasteiger charge is 2.31. The van der Waals surface area contributed by atoms with Gasteiger partial charge in [-0.05, 0) is 12.3 Å². The fourth-order valence-electron chi connectivity index (χ4n) is 1.70. The maximum atomic E-state index is 11.2. The molecule has 2 unspecified atom stereocenters. The Morgan fingerprint density at radius 1 is 1.40 bits per heavy atom. The molecule has 0 aliphatic carbocycles. The van der Waals surface area contributed by atoms with Crippen molar-refractivity contribution >= 4 is 5.91 Å². The van der Waals surface area contributed by atoms with E-state index in [-0.39, 0.29) is 11.8 Å². The van der Waals surface area contributed by atoms with Gasteiger partial charge < -0.3 is 10.4 Å². The fraction of sp³-hybridized carbons (Fsp3) is 0.917. The Balaban J connectivity index is 4.30. The molecule has 0 rings (SSSR count). The monoisotopic (exact) mass is 215 g/mol. The molecule has 1 amide bonds. The Hall–Kier alpha value is -0.570. The molecule has 0 saturated carbocycles. The first-order chi connectivity index (χ1) is 7.00. The summed E-state index contributed by atoms with van der Waals surface area (Å²) >= 11 is 0. The number of nitrogens with one attached hydrogen (secondary N) is 1. The minimum Gasteiger partial charge on any atom is -0.388 e. The van der Waals surface area contributed by atoms with Crippen molar-refractivity contribution in [1.29, 1.82) is 0 Å². The topological polar surface area (TPSA) is 49.3 Å². The van der Waals surface area contributed by atoms with Crippen LogP contribution >= 0.6 is 0 Å². The van der Waals surface area contributed by atoms with Crippen LogP contribution in [0.2, 0.25) is 0 Å². The largest absolute Gasteiger partial charge is 0.388 e. The highest BCUT2D eigenvalue weighted by atomic mass is 16.3. The second kappa shape index (κ2) is 6.83. The van der Waals surface area contributed by atoms with Gasteiger partial charge in [-0.2, -0.15) is 0 Å². The first-order valence-electron chi connectivity index (χ1n) is 5.99. The lowest BCUT2D eigenvalue weighted by Crippen LogP contribution is -2.47. The molecule has 0 fully saturated rings. The van der Waals surface area contributed by atoms with Gasteiger partial charge in [-0.25, -0.2) is 0 Å². The number of carbonyl (C=O) groups is 1. The molecular formula is C12H25NO2. The highest BCUT2D eigenvalue weighted by Crippen LogP contribution is 2.25. The zero-order valence-electron chi connectivity index (χ0n) is 10.5. The summed E-state index contributed by atoms with van der Waals surface area (Å²) in [7, 11) is 0. The van der Waals surface area contributed by atoms with E-state index in [4.69, 9.17) is 0 Å². The number of carbonyl (C=O) groups excluding carboxylic acids is 1. The average Bonchev–Trinajstić information content (AvgIpc) is 2.25. The van der Waals surface area contributed by atoms with Gasteiger partial charge in [-0.1, -0.05) is 40.5 Å². The predicted octanol–water partition coefficient (Wildman–Crippen LogP) is 2.09. The van der Waals surface area contributed by atoms with E-state index >= 15 is 0 Å². The summed E-state index contributed by atoms with van der Waals surface area (Å²) in [4.78, 5) is 11.2. The van der Waals surface area contributed by atoms with Crippen molar-refractivity contribution in [2.45, 2.75) is 59.0 Å². The molecule has 0 aliphatic heterocycles. The Morgan fingerprint density at radius 3 is 2.40 bits per heavy atom. The second-order valence-electron chi connectivity index (χ2n) is 4.29. The van der Waals surface area contributed by atoms with Crippen LogP contribution in [-0.2, 0) is 4.79 Å². The van der Waals surface area contributed by atoms with E-state index in [0.29, 0.717) is 13.0 Å². The average molecular weight is 215 g/mol. The molecule has 15 heavy (non-hydrogen) atoms. The highest BCUT2D eigenvalue weighted by molar-refractivity contribution is 5.75. The maximum Gasteiger partial charge on any atom is 0.219 e. The zero-order chi connectivity index (χ0) is 11.9.